The molecule has 0 spiro atoms. The van der Waals surface area contributed by atoms with Crippen molar-refractivity contribution in [2.75, 3.05) is 18.5 Å². The van der Waals surface area contributed by atoms with Crippen LogP contribution in [0, 0.1) is 5.82 Å². The normalized spacial score (nSPS) is 10.3. The van der Waals surface area contributed by atoms with Crippen molar-refractivity contribution in [2.45, 2.75) is 0 Å². The molecule has 0 fully saturated rings. The minimum absolute atomic E-state index is 0.322. The zero-order valence-corrected chi connectivity index (χ0v) is 12.3. The minimum Gasteiger partial charge on any atom is -0.490 e. The average Bonchev–Trinajstić information content (AvgIpc) is 2.40. The van der Waals surface area contributed by atoms with E-state index in [0.717, 1.165) is 10.2 Å². The highest BCUT2D eigenvalue weighted by Crippen LogP contribution is 2.25. The quantitative estimate of drug-likeness (QED) is 0.792. The number of nitrogens with one attached hydrogen (secondary N) is 1. The van der Waals surface area contributed by atoms with E-state index in [2.05, 4.69) is 21.2 Å². The molecule has 0 radical (unpaired) electrons. The second kappa shape index (κ2) is 6.78. The molecule has 0 aliphatic carbocycles. The van der Waals surface area contributed by atoms with Crippen molar-refractivity contribution in [3.05, 3.63) is 57.8 Å². The Labute approximate surface area is 124 Å². The van der Waals surface area contributed by atoms with Gasteiger partial charge < -0.3 is 10.1 Å². The van der Waals surface area contributed by atoms with E-state index < -0.39 is 0 Å². The van der Waals surface area contributed by atoms with Gasteiger partial charge in [-0.1, -0.05) is 23.7 Å². The molecular formula is C14H12BrClFNO. The Bertz CT molecular complexity index is 565. The van der Waals surface area contributed by atoms with E-state index in [1.807, 2.05) is 24.3 Å². The van der Waals surface area contributed by atoms with Crippen LogP contribution < -0.4 is 10.1 Å². The zero-order valence-electron chi connectivity index (χ0n) is 10.00. The Hall–Kier alpha value is -1.26. The monoisotopic (exact) mass is 343 g/mol. The van der Waals surface area contributed by atoms with Gasteiger partial charge in [0.15, 0.2) is 0 Å². The number of halogens is 3. The van der Waals surface area contributed by atoms with Crippen molar-refractivity contribution in [3.63, 3.8) is 0 Å². The van der Waals surface area contributed by atoms with E-state index in [0.29, 0.717) is 23.9 Å². The lowest BCUT2D eigenvalue weighted by Gasteiger charge is -2.10. The third-order valence-corrected chi connectivity index (χ3v) is 3.43. The van der Waals surface area contributed by atoms with Crippen molar-refractivity contribution in [1.82, 2.24) is 0 Å². The maximum atomic E-state index is 13.0. The maximum absolute atomic E-state index is 13.0. The van der Waals surface area contributed by atoms with Crippen LogP contribution in [-0.2, 0) is 0 Å². The summed E-state index contributed by atoms with van der Waals surface area (Å²) in [5.74, 6) is 0.165. The van der Waals surface area contributed by atoms with Crippen molar-refractivity contribution in [3.8, 4) is 5.75 Å². The summed E-state index contributed by atoms with van der Waals surface area (Å²) in [6.45, 7) is 0.986. The summed E-state index contributed by atoms with van der Waals surface area (Å²) < 4.78 is 19.3. The highest BCUT2D eigenvalue weighted by atomic mass is 79.9. The smallest absolute Gasteiger partial charge is 0.136 e. The van der Waals surface area contributed by atoms with Crippen LogP contribution in [0.4, 0.5) is 10.1 Å². The van der Waals surface area contributed by atoms with Crippen molar-refractivity contribution in [2.24, 2.45) is 0 Å². The van der Waals surface area contributed by atoms with E-state index in [1.54, 1.807) is 6.07 Å². The van der Waals surface area contributed by atoms with Gasteiger partial charge in [-0.2, -0.15) is 0 Å². The average molecular weight is 345 g/mol. The third kappa shape index (κ3) is 4.11. The van der Waals surface area contributed by atoms with Gasteiger partial charge in [0, 0.05) is 12.6 Å². The molecule has 0 amide bonds. The summed E-state index contributed by atoms with van der Waals surface area (Å²) in [6.07, 6.45) is 0. The molecule has 0 aliphatic rings. The largest absolute Gasteiger partial charge is 0.490 e. The van der Waals surface area contributed by atoms with Gasteiger partial charge in [-0.05, 0) is 40.2 Å². The highest BCUT2D eigenvalue weighted by molar-refractivity contribution is 9.10. The van der Waals surface area contributed by atoms with Crippen LogP contribution >= 0.6 is 27.5 Å². The second-order valence-electron chi connectivity index (χ2n) is 3.83. The van der Waals surface area contributed by atoms with Gasteiger partial charge in [-0.3, -0.25) is 0 Å². The summed E-state index contributed by atoms with van der Waals surface area (Å²) in [5, 5.41) is 3.81. The molecule has 100 valence electrons. The predicted octanol–water partition coefficient (Wildman–Crippen LogP) is 4.73. The van der Waals surface area contributed by atoms with Crippen LogP contribution in [0.25, 0.3) is 0 Å². The van der Waals surface area contributed by atoms with Gasteiger partial charge in [-0.25, -0.2) is 4.39 Å². The fourth-order valence-corrected chi connectivity index (χ4v) is 2.10. The first-order chi connectivity index (χ1) is 9.16. The van der Waals surface area contributed by atoms with Gasteiger partial charge in [0.05, 0.1) is 15.2 Å². The third-order valence-electron chi connectivity index (χ3n) is 2.44. The highest BCUT2D eigenvalue weighted by Gasteiger charge is 2.03. The fraction of sp³-hybridized carbons (Fsp3) is 0.143. The van der Waals surface area contributed by atoms with Crippen LogP contribution in [-0.4, -0.2) is 13.2 Å². The molecule has 2 aromatic rings. The summed E-state index contributed by atoms with van der Waals surface area (Å²) in [7, 11) is 0. The Morgan fingerprint density at radius 2 is 2.00 bits per heavy atom. The first kappa shape index (κ1) is 14.2. The van der Waals surface area contributed by atoms with E-state index in [-0.39, 0.29) is 5.82 Å². The molecule has 0 saturated carbocycles. The van der Waals surface area contributed by atoms with Gasteiger partial charge in [0.25, 0.3) is 0 Å². The first-order valence-electron chi connectivity index (χ1n) is 5.73. The lowest BCUT2D eigenvalue weighted by Crippen LogP contribution is -2.12. The van der Waals surface area contributed by atoms with Crippen LogP contribution in [0.3, 0.4) is 0 Å². The number of para-hydroxylation sites is 1. The SMILES string of the molecule is Fc1ccc(Br)c(OCCNc2ccccc2Cl)c1. The number of anilines is 1. The van der Waals surface area contributed by atoms with Gasteiger partial charge in [0.1, 0.15) is 18.2 Å². The molecular weight excluding hydrogens is 333 g/mol. The standard InChI is InChI=1S/C14H12BrClFNO/c15-11-6-5-10(17)9-14(11)19-8-7-18-13-4-2-1-3-12(13)16/h1-6,9,18H,7-8H2. The van der Waals surface area contributed by atoms with Crippen molar-refractivity contribution >= 4 is 33.2 Å². The molecule has 0 saturated heterocycles. The Kier molecular flexibility index (Phi) is 5.05. The molecule has 0 aliphatic heterocycles. The topological polar surface area (TPSA) is 21.3 Å². The van der Waals surface area contributed by atoms with Crippen LogP contribution in [0.1, 0.15) is 0 Å². The summed E-state index contributed by atoms with van der Waals surface area (Å²) in [4.78, 5) is 0. The molecule has 0 aromatic heterocycles. The lowest BCUT2D eigenvalue weighted by atomic mass is 10.3. The number of benzene rings is 2. The van der Waals surface area contributed by atoms with Crippen LogP contribution in [0.15, 0.2) is 46.9 Å². The lowest BCUT2D eigenvalue weighted by molar-refractivity contribution is 0.329. The zero-order chi connectivity index (χ0) is 13.7. The molecule has 0 bridgehead atoms. The molecule has 0 atom stereocenters. The van der Waals surface area contributed by atoms with E-state index in [9.17, 15) is 4.39 Å². The van der Waals surface area contributed by atoms with Crippen LogP contribution in [0.5, 0.6) is 5.75 Å². The van der Waals surface area contributed by atoms with E-state index >= 15 is 0 Å². The summed E-state index contributed by atoms with van der Waals surface area (Å²) in [5.41, 5.74) is 0.853. The number of hydrogen-bond donors (Lipinski definition) is 1. The molecule has 1 N–H and O–H groups in total. The van der Waals surface area contributed by atoms with Crippen molar-refractivity contribution in [1.29, 1.82) is 0 Å². The number of rotatable bonds is 5. The van der Waals surface area contributed by atoms with E-state index in [1.165, 1.54) is 12.1 Å². The van der Waals surface area contributed by atoms with Gasteiger partial charge in [-0.15, -0.1) is 0 Å². The Morgan fingerprint density at radius 1 is 1.21 bits per heavy atom. The number of hydrogen-bond acceptors (Lipinski definition) is 2. The maximum Gasteiger partial charge on any atom is 0.136 e. The molecule has 0 unspecified atom stereocenters. The second-order valence-corrected chi connectivity index (χ2v) is 5.09. The Morgan fingerprint density at radius 3 is 2.79 bits per heavy atom. The summed E-state index contributed by atoms with van der Waals surface area (Å²) >= 11 is 9.31. The van der Waals surface area contributed by atoms with E-state index in [4.69, 9.17) is 16.3 Å². The first-order valence-corrected chi connectivity index (χ1v) is 6.90. The predicted molar refractivity (Wildman–Crippen MR) is 79.5 cm³/mol. The van der Waals surface area contributed by atoms with Crippen molar-refractivity contribution < 1.29 is 9.13 Å². The number of ether oxygens (including phenoxy) is 1. The molecule has 19 heavy (non-hydrogen) atoms. The van der Waals surface area contributed by atoms with Gasteiger partial charge >= 0.3 is 0 Å². The molecule has 2 rings (SSSR count). The Balaban J connectivity index is 1.84. The molecule has 2 nitrogen and oxygen atoms in total. The summed E-state index contributed by atoms with van der Waals surface area (Å²) in [6, 6.07) is 11.8. The molecule has 2 aromatic carbocycles. The fourth-order valence-electron chi connectivity index (χ4n) is 1.54. The van der Waals surface area contributed by atoms with Gasteiger partial charge in [0.2, 0.25) is 0 Å². The minimum atomic E-state index is -0.322. The molecule has 0 heterocycles. The van der Waals surface area contributed by atoms with Crippen LogP contribution in [0.2, 0.25) is 5.02 Å². The molecule has 5 heteroatoms.